The molecule has 8 nitrogen and oxygen atoms in total. The number of primary sulfonamides is 1. The van der Waals surface area contributed by atoms with Crippen molar-refractivity contribution in [2.75, 3.05) is 5.32 Å². The van der Waals surface area contributed by atoms with Crippen LogP contribution in [0.5, 0.6) is 0 Å². The van der Waals surface area contributed by atoms with Crippen molar-refractivity contribution in [3.05, 3.63) is 33.5 Å². The number of hydrogen-bond donors (Lipinski definition) is 2. The number of carbonyl (C=O) groups is 2. The second-order valence-electron chi connectivity index (χ2n) is 5.07. The van der Waals surface area contributed by atoms with E-state index in [1.807, 2.05) is 22.6 Å². The van der Waals surface area contributed by atoms with E-state index in [2.05, 4.69) is 5.32 Å². The SMILES string of the molecule is CC1(C)OC(=O)C(=CNc2ccc(I)cc2S(N)(=O)=O)C(=O)O1. The van der Waals surface area contributed by atoms with Crippen LogP contribution in [-0.4, -0.2) is 26.1 Å². The summed E-state index contributed by atoms with van der Waals surface area (Å²) in [5, 5.41) is 7.73. The topological polar surface area (TPSA) is 125 Å². The Kier molecular flexibility index (Phi) is 4.69. The van der Waals surface area contributed by atoms with Crippen LogP contribution in [0.3, 0.4) is 0 Å². The van der Waals surface area contributed by atoms with Crippen molar-refractivity contribution in [1.29, 1.82) is 0 Å². The van der Waals surface area contributed by atoms with Crippen molar-refractivity contribution >= 4 is 50.2 Å². The van der Waals surface area contributed by atoms with Crippen molar-refractivity contribution in [1.82, 2.24) is 0 Å². The molecule has 0 amide bonds. The normalized spacial score (nSPS) is 17.3. The fourth-order valence-electron chi connectivity index (χ4n) is 1.78. The van der Waals surface area contributed by atoms with Gasteiger partial charge in [0.25, 0.3) is 5.79 Å². The molecule has 0 radical (unpaired) electrons. The lowest BCUT2D eigenvalue weighted by atomic mass is 10.2. The highest BCUT2D eigenvalue weighted by Crippen LogP contribution is 2.25. The minimum absolute atomic E-state index is 0.117. The van der Waals surface area contributed by atoms with Gasteiger partial charge in [0.2, 0.25) is 10.0 Å². The van der Waals surface area contributed by atoms with Gasteiger partial charge in [-0.1, -0.05) is 0 Å². The molecule has 1 fully saturated rings. The molecule has 0 unspecified atom stereocenters. The minimum Gasteiger partial charge on any atom is -0.419 e. The summed E-state index contributed by atoms with van der Waals surface area (Å²) in [6, 6.07) is 4.45. The van der Waals surface area contributed by atoms with Crippen molar-refractivity contribution in [2.24, 2.45) is 5.14 Å². The molecule has 23 heavy (non-hydrogen) atoms. The maximum Gasteiger partial charge on any atom is 0.350 e. The predicted octanol–water partition coefficient (Wildman–Crippen LogP) is 1.07. The summed E-state index contributed by atoms with van der Waals surface area (Å²) in [5.41, 5.74) is -0.269. The van der Waals surface area contributed by atoms with Gasteiger partial charge < -0.3 is 14.8 Å². The van der Waals surface area contributed by atoms with Gasteiger partial charge in [0.05, 0.1) is 5.69 Å². The minimum atomic E-state index is -3.98. The highest BCUT2D eigenvalue weighted by atomic mass is 127. The third-order valence-corrected chi connectivity index (χ3v) is 4.36. The summed E-state index contributed by atoms with van der Waals surface area (Å²) in [4.78, 5) is 23.4. The number of nitrogens with two attached hydrogens (primary N) is 1. The predicted molar refractivity (Wildman–Crippen MR) is 88.5 cm³/mol. The lowest BCUT2D eigenvalue weighted by Gasteiger charge is -2.29. The standard InChI is InChI=1S/C13H13IN2O6S/c1-13(2)21-11(17)8(12(18)22-13)6-16-9-4-3-7(14)5-10(9)23(15,19)20/h3-6,16H,1-2H3,(H2,15,19,20). The van der Waals surface area contributed by atoms with Crippen LogP contribution in [0.4, 0.5) is 5.69 Å². The van der Waals surface area contributed by atoms with E-state index < -0.39 is 27.7 Å². The van der Waals surface area contributed by atoms with E-state index in [9.17, 15) is 18.0 Å². The zero-order valence-corrected chi connectivity index (χ0v) is 15.1. The average Bonchev–Trinajstić information content (AvgIpc) is 2.36. The molecule has 0 aliphatic carbocycles. The summed E-state index contributed by atoms with van der Waals surface area (Å²) < 4.78 is 33.7. The van der Waals surface area contributed by atoms with Crippen molar-refractivity contribution in [2.45, 2.75) is 24.5 Å². The number of sulfonamides is 1. The highest BCUT2D eigenvalue weighted by Gasteiger charge is 2.39. The van der Waals surface area contributed by atoms with E-state index >= 15 is 0 Å². The zero-order valence-electron chi connectivity index (χ0n) is 12.1. The van der Waals surface area contributed by atoms with Gasteiger partial charge in [-0.3, -0.25) is 0 Å². The van der Waals surface area contributed by atoms with Crippen LogP contribution in [-0.2, 0) is 29.1 Å². The highest BCUT2D eigenvalue weighted by molar-refractivity contribution is 14.1. The van der Waals surface area contributed by atoms with Gasteiger partial charge in [0.15, 0.2) is 5.57 Å². The summed E-state index contributed by atoms with van der Waals surface area (Å²) in [6.45, 7) is 2.84. The second-order valence-corrected chi connectivity index (χ2v) is 7.84. The maximum absolute atomic E-state index is 11.8. The number of carbonyl (C=O) groups excluding carboxylic acids is 2. The molecule has 0 aromatic heterocycles. The molecule has 3 N–H and O–H groups in total. The zero-order chi connectivity index (χ0) is 17.4. The number of esters is 2. The third kappa shape index (κ3) is 4.20. The average molecular weight is 452 g/mol. The van der Waals surface area contributed by atoms with E-state index in [0.717, 1.165) is 6.20 Å². The largest absolute Gasteiger partial charge is 0.419 e. The number of cyclic esters (lactones) is 2. The quantitative estimate of drug-likeness (QED) is 0.304. The lowest BCUT2D eigenvalue weighted by molar-refractivity contribution is -0.222. The fourth-order valence-corrected chi connectivity index (χ4v) is 3.21. The van der Waals surface area contributed by atoms with Gasteiger partial charge in [0, 0.05) is 23.6 Å². The number of ether oxygens (including phenoxy) is 2. The van der Waals surface area contributed by atoms with Crippen LogP contribution in [0.2, 0.25) is 0 Å². The molecule has 0 bridgehead atoms. The van der Waals surface area contributed by atoms with Crippen LogP contribution >= 0.6 is 22.6 Å². The first-order valence-electron chi connectivity index (χ1n) is 6.25. The van der Waals surface area contributed by atoms with E-state index in [1.165, 1.54) is 26.0 Å². The van der Waals surface area contributed by atoms with Crippen LogP contribution in [0.1, 0.15) is 13.8 Å². The van der Waals surface area contributed by atoms with Crippen molar-refractivity contribution in [3.8, 4) is 0 Å². The monoisotopic (exact) mass is 452 g/mol. The Morgan fingerprint density at radius 1 is 1.22 bits per heavy atom. The first kappa shape index (κ1) is 17.7. The molecule has 2 rings (SSSR count). The van der Waals surface area contributed by atoms with E-state index in [-0.39, 0.29) is 16.2 Å². The third-order valence-electron chi connectivity index (χ3n) is 2.74. The van der Waals surface area contributed by atoms with Gasteiger partial charge in [-0.15, -0.1) is 0 Å². The molecule has 1 aromatic carbocycles. The number of halogens is 1. The smallest absolute Gasteiger partial charge is 0.350 e. The molecular weight excluding hydrogens is 439 g/mol. The Morgan fingerprint density at radius 2 is 1.78 bits per heavy atom. The first-order chi connectivity index (χ1) is 10.5. The van der Waals surface area contributed by atoms with Gasteiger partial charge in [-0.05, 0) is 40.8 Å². The molecule has 1 aromatic rings. The van der Waals surface area contributed by atoms with E-state index in [1.54, 1.807) is 6.07 Å². The molecule has 124 valence electrons. The van der Waals surface area contributed by atoms with Gasteiger partial charge in [0.1, 0.15) is 4.90 Å². The van der Waals surface area contributed by atoms with Gasteiger partial charge >= 0.3 is 11.9 Å². The number of rotatable bonds is 3. The molecule has 1 aliphatic rings. The first-order valence-corrected chi connectivity index (χ1v) is 8.88. The second kappa shape index (κ2) is 6.09. The molecule has 1 saturated heterocycles. The van der Waals surface area contributed by atoms with E-state index in [0.29, 0.717) is 3.57 Å². The van der Waals surface area contributed by atoms with Crippen LogP contribution in [0, 0.1) is 3.57 Å². The Morgan fingerprint density at radius 3 is 2.30 bits per heavy atom. The fraction of sp³-hybridized carbons (Fsp3) is 0.231. The number of anilines is 1. The van der Waals surface area contributed by atoms with Crippen LogP contribution in [0.25, 0.3) is 0 Å². The summed E-state index contributed by atoms with van der Waals surface area (Å²) in [7, 11) is -3.98. The van der Waals surface area contributed by atoms with Gasteiger partial charge in [-0.25, -0.2) is 23.1 Å². The molecule has 0 spiro atoms. The Labute approximate surface area is 146 Å². The number of hydrogen-bond acceptors (Lipinski definition) is 7. The Bertz CT molecular complexity index is 794. The molecule has 1 aliphatic heterocycles. The van der Waals surface area contributed by atoms with Crippen molar-refractivity contribution in [3.63, 3.8) is 0 Å². The van der Waals surface area contributed by atoms with Crippen LogP contribution < -0.4 is 10.5 Å². The summed E-state index contributed by atoms with van der Waals surface area (Å²) >= 11 is 1.93. The molecule has 10 heteroatoms. The van der Waals surface area contributed by atoms with Crippen LogP contribution in [0.15, 0.2) is 34.9 Å². The molecule has 0 saturated carbocycles. The summed E-state index contributed by atoms with van der Waals surface area (Å²) in [5.74, 6) is -3.09. The maximum atomic E-state index is 11.8. The van der Waals surface area contributed by atoms with Crippen molar-refractivity contribution < 1.29 is 27.5 Å². The molecular formula is C13H13IN2O6S. The summed E-state index contributed by atoms with van der Waals surface area (Å²) in [6.07, 6.45) is 1.02. The molecule has 0 atom stereocenters. The molecule has 1 heterocycles. The Balaban J connectivity index is 2.34. The lowest BCUT2D eigenvalue weighted by Crippen LogP contribution is -2.42. The van der Waals surface area contributed by atoms with E-state index in [4.69, 9.17) is 14.6 Å². The number of nitrogens with one attached hydrogen (secondary N) is 1. The number of benzene rings is 1. The Hall–Kier alpha value is -1.66. The van der Waals surface area contributed by atoms with Gasteiger partial charge in [-0.2, -0.15) is 0 Å².